The molecule has 0 rings (SSSR count). The molecule has 3 nitrogen and oxygen atoms in total. The number of carbonyl (C=O) groups excluding carboxylic acids is 2. The van der Waals surface area contributed by atoms with Crippen LogP contribution < -0.4 is 0 Å². The average Bonchev–Trinajstić information content (AvgIpc) is 1.82. The van der Waals surface area contributed by atoms with Crippen molar-refractivity contribution in [1.29, 1.82) is 0 Å². The first kappa shape index (κ1) is 8.70. The molecule has 0 spiro atoms. The van der Waals surface area contributed by atoms with E-state index < -0.39 is 12.1 Å². The van der Waals surface area contributed by atoms with Crippen LogP contribution in [0.1, 0.15) is 13.8 Å². The molecule has 0 aliphatic rings. The fourth-order valence-electron chi connectivity index (χ4n) is 0.430. The predicted molar refractivity (Wildman–Crippen MR) is 35.1 cm³/mol. The number of esters is 1. The van der Waals surface area contributed by atoms with Crippen molar-refractivity contribution < 1.29 is 14.3 Å². The van der Waals surface area contributed by atoms with Gasteiger partial charge in [-0.25, -0.2) is 0 Å². The lowest BCUT2D eigenvalue weighted by Gasteiger charge is -2.01. The molecule has 1 atom stereocenters. The standard InChI is InChI=1S/C7H8O3/c1-6(4-3-5-8)10-7(2)9/h5-6H,1-2H3. The fourth-order valence-corrected chi connectivity index (χ4v) is 0.430. The molecule has 0 fully saturated rings. The smallest absolute Gasteiger partial charge is 0.303 e. The lowest BCUT2D eigenvalue weighted by Crippen LogP contribution is -2.09. The van der Waals surface area contributed by atoms with Gasteiger partial charge in [-0.2, -0.15) is 0 Å². The molecule has 3 heteroatoms. The van der Waals surface area contributed by atoms with Gasteiger partial charge >= 0.3 is 5.97 Å². The maximum absolute atomic E-state index is 10.2. The minimum absolute atomic E-state index is 0.396. The quantitative estimate of drug-likeness (QED) is 0.295. The van der Waals surface area contributed by atoms with Gasteiger partial charge in [-0.05, 0) is 12.8 Å². The summed E-state index contributed by atoms with van der Waals surface area (Å²) in [6.07, 6.45) is -0.0392. The Labute approximate surface area is 59.4 Å². The van der Waals surface area contributed by atoms with Crippen LogP contribution in [0.15, 0.2) is 0 Å². The second-order valence-electron chi connectivity index (χ2n) is 1.66. The van der Waals surface area contributed by atoms with E-state index in [2.05, 4.69) is 16.6 Å². The molecule has 0 heterocycles. The van der Waals surface area contributed by atoms with Crippen LogP contribution in [0.2, 0.25) is 0 Å². The second kappa shape index (κ2) is 4.57. The van der Waals surface area contributed by atoms with E-state index in [9.17, 15) is 9.59 Å². The second-order valence-corrected chi connectivity index (χ2v) is 1.66. The molecule has 0 aromatic carbocycles. The Morgan fingerprint density at radius 3 is 2.70 bits per heavy atom. The Balaban J connectivity index is 3.73. The van der Waals surface area contributed by atoms with Gasteiger partial charge in [0.05, 0.1) is 0 Å². The van der Waals surface area contributed by atoms with Crippen molar-refractivity contribution in [3.05, 3.63) is 0 Å². The minimum Gasteiger partial charge on any atom is -0.450 e. The Hall–Kier alpha value is -1.30. The molecule has 0 aliphatic heterocycles. The third kappa shape index (κ3) is 4.85. The molecule has 0 amide bonds. The third-order valence-corrected chi connectivity index (χ3v) is 0.688. The molecule has 10 heavy (non-hydrogen) atoms. The predicted octanol–water partition coefficient (Wildman–Crippen LogP) is 0.140. The molecule has 54 valence electrons. The molecule has 0 aromatic heterocycles. The first-order valence-corrected chi connectivity index (χ1v) is 2.78. The SMILES string of the molecule is CC(=O)OC(C)C#CC=O. The first-order chi connectivity index (χ1) is 4.66. The van der Waals surface area contributed by atoms with Crippen molar-refractivity contribution >= 4 is 12.3 Å². The number of hydrogen-bond acceptors (Lipinski definition) is 3. The van der Waals surface area contributed by atoms with Crippen LogP contribution in [-0.2, 0) is 14.3 Å². The molecule has 0 bridgehead atoms. The van der Waals surface area contributed by atoms with Crippen molar-refractivity contribution in [3.63, 3.8) is 0 Å². The summed E-state index contributed by atoms with van der Waals surface area (Å²) in [5.41, 5.74) is 0. The normalized spacial score (nSPS) is 10.6. The van der Waals surface area contributed by atoms with Gasteiger partial charge in [0.15, 0.2) is 12.4 Å². The lowest BCUT2D eigenvalue weighted by atomic mass is 10.4. The molecule has 1 unspecified atom stereocenters. The summed E-state index contributed by atoms with van der Waals surface area (Å²) in [5.74, 6) is 4.15. The number of ether oxygens (including phenoxy) is 1. The van der Waals surface area contributed by atoms with Crippen molar-refractivity contribution in [3.8, 4) is 11.8 Å². The fraction of sp³-hybridized carbons (Fsp3) is 0.429. The summed E-state index contributed by atoms with van der Waals surface area (Å²) in [5, 5.41) is 0. The van der Waals surface area contributed by atoms with Crippen LogP contribution in [0.25, 0.3) is 0 Å². The zero-order valence-electron chi connectivity index (χ0n) is 5.88. The highest BCUT2D eigenvalue weighted by Gasteiger charge is 1.98. The zero-order chi connectivity index (χ0) is 7.98. The van der Waals surface area contributed by atoms with Gasteiger partial charge in [-0.1, -0.05) is 5.92 Å². The molecule has 0 saturated carbocycles. The number of rotatable bonds is 1. The molecule has 0 aromatic rings. The summed E-state index contributed by atoms with van der Waals surface area (Å²) in [4.78, 5) is 19.9. The van der Waals surface area contributed by atoms with E-state index in [1.54, 1.807) is 6.92 Å². The molecule has 0 radical (unpaired) electrons. The zero-order valence-corrected chi connectivity index (χ0v) is 5.88. The number of hydrogen-bond donors (Lipinski definition) is 0. The highest BCUT2D eigenvalue weighted by molar-refractivity contribution is 5.73. The van der Waals surface area contributed by atoms with Crippen LogP contribution in [0.3, 0.4) is 0 Å². The van der Waals surface area contributed by atoms with Crippen molar-refractivity contribution in [2.45, 2.75) is 20.0 Å². The van der Waals surface area contributed by atoms with E-state index in [-0.39, 0.29) is 0 Å². The lowest BCUT2D eigenvalue weighted by molar-refractivity contribution is -0.143. The first-order valence-electron chi connectivity index (χ1n) is 2.78. The van der Waals surface area contributed by atoms with Crippen molar-refractivity contribution in [2.24, 2.45) is 0 Å². The summed E-state index contributed by atoms with van der Waals surface area (Å²) >= 11 is 0. The Morgan fingerprint density at radius 2 is 2.30 bits per heavy atom. The summed E-state index contributed by atoms with van der Waals surface area (Å²) in [6.45, 7) is 2.89. The number of aldehydes is 1. The summed E-state index contributed by atoms with van der Waals surface area (Å²) in [7, 11) is 0. The van der Waals surface area contributed by atoms with E-state index in [1.807, 2.05) is 0 Å². The molecule has 0 aliphatic carbocycles. The topological polar surface area (TPSA) is 43.4 Å². The van der Waals surface area contributed by atoms with Crippen LogP contribution >= 0.6 is 0 Å². The molecular weight excluding hydrogens is 132 g/mol. The molecular formula is C7H8O3. The van der Waals surface area contributed by atoms with Gasteiger partial charge < -0.3 is 4.74 Å². The highest BCUT2D eigenvalue weighted by Crippen LogP contribution is 1.86. The van der Waals surface area contributed by atoms with Gasteiger partial charge in [0.2, 0.25) is 0 Å². The molecule has 0 N–H and O–H groups in total. The third-order valence-electron chi connectivity index (χ3n) is 0.688. The van der Waals surface area contributed by atoms with Gasteiger partial charge in [0.1, 0.15) is 0 Å². The van der Waals surface area contributed by atoms with Crippen LogP contribution in [0.5, 0.6) is 0 Å². The summed E-state index contributed by atoms with van der Waals surface area (Å²) in [6, 6.07) is 0. The largest absolute Gasteiger partial charge is 0.450 e. The Morgan fingerprint density at radius 1 is 1.70 bits per heavy atom. The van der Waals surface area contributed by atoms with E-state index in [1.165, 1.54) is 6.92 Å². The van der Waals surface area contributed by atoms with E-state index in [4.69, 9.17) is 0 Å². The number of carbonyl (C=O) groups is 2. The van der Waals surface area contributed by atoms with Crippen LogP contribution in [0, 0.1) is 11.8 Å². The van der Waals surface area contributed by atoms with E-state index >= 15 is 0 Å². The van der Waals surface area contributed by atoms with E-state index in [0.717, 1.165) is 0 Å². The van der Waals surface area contributed by atoms with Gasteiger partial charge in [-0.15, -0.1) is 0 Å². The maximum Gasteiger partial charge on any atom is 0.303 e. The maximum atomic E-state index is 10.2. The van der Waals surface area contributed by atoms with E-state index in [0.29, 0.717) is 6.29 Å². The van der Waals surface area contributed by atoms with Gasteiger partial charge in [-0.3, -0.25) is 9.59 Å². The Bertz CT molecular complexity index is 185. The van der Waals surface area contributed by atoms with Gasteiger partial charge in [0.25, 0.3) is 0 Å². The van der Waals surface area contributed by atoms with Crippen LogP contribution in [0.4, 0.5) is 0 Å². The van der Waals surface area contributed by atoms with Gasteiger partial charge in [0, 0.05) is 6.92 Å². The van der Waals surface area contributed by atoms with Crippen LogP contribution in [-0.4, -0.2) is 18.4 Å². The highest BCUT2D eigenvalue weighted by atomic mass is 16.5. The Kier molecular flexibility index (Phi) is 3.97. The molecule has 0 saturated heterocycles. The van der Waals surface area contributed by atoms with Crippen molar-refractivity contribution in [1.82, 2.24) is 0 Å². The average molecular weight is 140 g/mol. The van der Waals surface area contributed by atoms with Crippen molar-refractivity contribution in [2.75, 3.05) is 0 Å². The monoisotopic (exact) mass is 140 g/mol. The summed E-state index contributed by atoms with van der Waals surface area (Å²) < 4.78 is 4.58. The minimum atomic E-state index is -0.498.